The van der Waals surface area contributed by atoms with Gasteiger partial charge in [0.25, 0.3) is 5.91 Å². The quantitative estimate of drug-likeness (QED) is 0.935. The van der Waals surface area contributed by atoms with Crippen LogP contribution in [0.15, 0.2) is 5.38 Å². The van der Waals surface area contributed by atoms with Crippen molar-refractivity contribution in [1.82, 2.24) is 14.6 Å². The van der Waals surface area contributed by atoms with Gasteiger partial charge in [0.1, 0.15) is 4.88 Å². The van der Waals surface area contributed by atoms with Crippen LogP contribution in [0.3, 0.4) is 0 Å². The molecule has 0 atom stereocenters. The number of thiazole rings is 1. The van der Waals surface area contributed by atoms with Gasteiger partial charge in [0.2, 0.25) is 0 Å². The fourth-order valence-corrected chi connectivity index (χ4v) is 3.11. The van der Waals surface area contributed by atoms with Crippen molar-refractivity contribution in [2.24, 2.45) is 0 Å². The van der Waals surface area contributed by atoms with Gasteiger partial charge < -0.3 is 0 Å². The summed E-state index contributed by atoms with van der Waals surface area (Å²) in [6, 6.07) is 0. The van der Waals surface area contributed by atoms with E-state index in [-0.39, 0.29) is 5.91 Å². The largest absolute Gasteiger partial charge is 0.297 e. The number of aryl methyl sites for hydroxylation is 1. The molecule has 1 N–H and O–H groups in total. The van der Waals surface area contributed by atoms with E-state index in [0.717, 1.165) is 22.9 Å². The highest BCUT2D eigenvalue weighted by molar-refractivity contribution is 7.14. The molecule has 94 valence electrons. The lowest BCUT2D eigenvalue weighted by Crippen LogP contribution is -2.12. The summed E-state index contributed by atoms with van der Waals surface area (Å²) in [5.41, 5.74) is 1.85. The van der Waals surface area contributed by atoms with Crippen LogP contribution in [-0.4, -0.2) is 20.5 Å². The molecule has 0 radical (unpaired) electrons. The molecule has 2 aromatic rings. The Labute approximate surface area is 112 Å². The highest BCUT2D eigenvalue weighted by Crippen LogP contribution is 2.40. The number of hydrogen-bond donors (Lipinski definition) is 1. The molecule has 7 heteroatoms. The van der Waals surface area contributed by atoms with Crippen LogP contribution in [0.2, 0.25) is 0 Å². The number of anilines is 1. The maximum atomic E-state index is 12.0. The Bertz CT molecular complexity index is 573. The van der Waals surface area contributed by atoms with E-state index in [9.17, 15) is 4.79 Å². The van der Waals surface area contributed by atoms with Gasteiger partial charge in [-0.2, -0.15) is 0 Å². The Morgan fingerprint density at radius 2 is 2.39 bits per heavy atom. The predicted octanol–water partition coefficient (Wildman–Crippen LogP) is 2.69. The van der Waals surface area contributed by atoms with Gasteiger partial charge in [0.15, 0.2) is 5.13 Å². The van der Waals surface area contributed by atoms with E-state index >= 15 is 0 Å². The molecule has 0 aliphatic heterocycles. The third-order valence-electron chi connectivity index (χ3n) is 2.83. The van der Waals surface area contributed by atoms with Crippen LogP contribution in [-0.2, 0) is 6.42 Å². The topological polar surface area (TPSA) is 67.8 Å². The van der Waals surface area contributed by atoms with E-state index in [4.69, 9.17) is 0 Å². The summed E-state index contributed by atoms with van der Waals surface area (Å²) < 4.78 is 3.81. The Morgan fingerprint density at radius 3 is 3.11 bits per heavy atom. The minimum atomic E-state index is -0.154. The number of nitrogens with one attached hydrogen (secondary N) is 1. The van der Waals surface area contributed by atoms with Gasteiger partial charge in [-0.25, -0.2) is 4.98 Å². The lowest BCUT2D eigenvalue weighted by molar-refractivity contribution is 0.102. The third-order valence-corrected chi connectivity index (χ3v) is 4.38. The van der Waals surface area contributed by atoms with E-state index < -0.39 is 0 Å². The number of aromatic nitrogens is 3. The van der Waals surface area contributed by atoms with Crippen LogP contribution in [0.4, 0.5) is 5.13 Å². The van der Waals surface area contributed by atoms with Gasteiger partial charge in [-0.3, -0.25) is 10.1 Å². The SMILES string of the molecule is CCc1nnsc1C(=O)Nc1nc(C2CC2)cs1. The zero-order chi connectivity index (χ0) is 12.5. The molecule has 1 amide bonds. The summed E-state index contributed by atoms with van der Waals surface area (Å²) in [4.78, 5) is 17.0. The molecule has 3 rings (SSSR count). The van der Waals surface area contributed by atoms with Gasteiger partial charge in [-0.15, -0.1) is 16.4 Å². The predicted molar refractivity (Wildman–Crippen MR) is 71.3 cm³/mol. The van der Waals surface area contributed by atoms with E-state index in [1.54, 1.807) is 0 Å². The monoisotopic (exact) mass is 280 g/mol. The Morgan fingerprint density at radius 1 is 1.56 bits per heavy atom. The molecule has 1 aliphatic carbocycles. The maximum Gasteiger partial charge on any atom is 0.271 e. The van der Waals surface area contributed by atoms with Gasteiger partial charge >= 0.3 is 0 Å². The first-order valence-corrected chi connectivity index (χ1v) is 7.51. The van der Waals surface area contributed by atoms with Crippen molar-refractivity contribution >= 4 is 33.9 Å². The normalized spacial score (nSPS) is 14.7. The summed E-state index contributed by atoms with van der Waals surface area (Å²) in [6.07, 6.45) is 3.15. The molecular formula is C11H12N4OS2. The van der Waals surface area contributed by atoms with E-state index in [2.05, 4.69) is 19.9 Å². The Kier molecular flexibility index (Phi) is 3.09. The van der Waals surface area contributed by atoms with Crippen molar-refractivity contribution in [3.8, 4) is 0 Å². The zero-order valence-corrected chi connectivity index (χ0v) is 11.5. The molecule has 1 saturated carbocycles. The van der Waals surface area contributed by atoms with Crippen LogP contribution in [0, 0.1) is 0 Å². The first-order chi connectivity index (χ1) is 8.78. The maximum absolute atomic E-state index is 12.0. The van der Waals surface area contributed by atoms with Crippen LogP contribution in [0.5, 0.6) is 0 Å². The second-order valence-electron chi connectivity index (χ2n) is 4.21. The van der Waals surface area contributed by atoms with Crippen LogP contribution < -0.4 is 5.32 Å². The van der Waals surface area contributed by atoms with E-state index in [1.165, 1.54) is 24.2 Å². The smallest absolute Gasteiger partial charge is 0.271 e. The zero-order valence-electron chi connectivity index (χ0n) is 9.84. The molecule has 0 saturated heterocycles. The van der Waals surface area contributed by atoms with Crippen molar-refractivity contribution in [3.05, 3.63) is 21.6 Å². The molecule has 0 unspecified atom stereocenters. The molecule has 0 spiro atoms. The molecule has 1 aliphatic rings. The molecule has 5 nitrogen and oxygen atoms in total. The molecule has 18 heavy (non-hydrogen) atoms. The summed E-state index contributed by atoms with van der Waals surface area (Å²) in [6.45, 7) is 1.96. The summed E-state index contributed by atoms with van der Waals surface area (Å²) in [5, 5.41) is 9.44. The number of amides is 1. The number of carbonyl (C=O) groups is 1. The molecule has 2 aromatic heterocycles. The van der Waals surface area contributed by atoms with Gasteiger partial charge in [0.05, 0.1) is 11.4 Å². The third kappa shape index (κ3) is 2.28. The Hall–Kier alpha value is -1.34. The number of nitrogens with zero attached hydrogens (tertiary/aromatic N) is 3. The molecule has 0 aromatic carbocycles. The summed E-state index contributed by atoms with van der Waals surface area (Å²) >= 11 is 2.61. The number of carbonyl (C=O) groups excluding carboxylic acids is 1. The lowest BCUT2D eigenvalue weighted by Gasteiger charge is -1.99. The average Bonchev–Trinajstić information content (AvgIpc) is 2.93. The second-order valence-corrected chi connectivity index (χ2v) is 5.82. The standard InChI is InChI=1S/C11H12N4OS2/c1-2-7-9(18-15-14-7)10(16)13-11-12-8(5-17-11)6-3-4-6/h5-6H,2-4H2,1H3,(H,12,13,16). The van der Waals surface area contributed by atoms with Crippen molar-refractivity contribution in [3.63, 3.8) is 0 Å². The number of rotatable bonds is 4. The fraction of sp³-hybridized carbons (Fsp3) is 0.455. The second kappa shape index (κ2) is 4.74. The molecule has 1 fully saturated rings. The Balaban J connectivity index is 1.73. The van der Waals surface area contributed by atoms with Crippen molar-refractivity contribution in [1.29, 1.82) is 0 Å². The highest BCUT2D eigenvalue weighted by Gasteiger charge is 2.26. The van der Waals surface area contributed by atoms with Gasteiger partial charge in [0, 0.05) is 11.3 Å². The van der Waals surface area contributed by atoms with Crippen molar-refractivity contribution in [2.45, 2.75) is 32.1 Å². The minimum Gasteiger partial charge on any atom is -0.297 e. The molecule has 2 heterocycles. The summed E-state index contributed by atoms with van der Waals surface area (Å²) in [5.74, 6) is 0.460. The molecular weight excluding hydrogens is 268 g/mol. The average molecular weight is 280 g/mol. The molecule has 0 bridgehead atoms. The summed E-state index contributed by atoms with van der Waals surface area (Å²) in [7, 11) is 0. The van der Waals surface area contributed by atoms with Crippen molar-refractivity contribution < 1.29 is 4.79 Å². The van der Waals surface area contributed by atoms with Crippen LogP contribution >= 0.6 is 22.9 Å². The first kappa shape index (κ1) is 11.7. The van der Waals surface area contributed by atoms with Crippen molar-refractivity contribution in [2.75, 3.05) is 5.32 Å². The van der Waals surface area contributed by atoms with E-state index in [0.29, 0.717) is 22.3 Å². The van der Waals surface area contributed by atoms with Crippen LogP contribution in [0.1, 0.15) is 46.7 Å². The minimum absolute atomic E-state index is 0.154. The number of hydrogen-bond acceptors (Lipinski definition) is 6. The fourth-order valence-electron chi connectivity index (χ4n) is 1.68. The highest BCUT2D eigenvalue weighted by atomic mass is 32.1. The van der Waals surface area contributed by atoms with Crippen LogP contribution in [0.25, 0.3) is 0 Å². The van der Waals surface area contributed by atoms with Gasteiger partial charge in [-0.05, 0) is 30.8 Å². The first-order valence-electron chi connectivity index (χ1n) is 5.86. The van der Waals surface area contributed by atoms with E-state index in [1.807, 2.05) is 12.3 Å². The lowest BCUT2D eigenvalue weighted by atomic mass is 10.3. The van der Waals surface area contributed by atoms with Gasteiger partial charge in [-0.1, -0.05) is 11.4 Å².